The van der Waals surface area contributed by atoms with Crippen LogP contribution in [0.25, 0.3) is 0 Å². The van der Waals surface area contributed by atoms with Crippen molar-refractivity contribution < 1.29 is 0 Å². The van der Waals surface area contributed by atoms with Crippen molar-refractivity contribution in [2.75, 3.05) is 11.9 Å². The van der Waals surface area contributed by atoms with Crippen LogP contribution in [0.15, 0.2) is 34.3 Å². The van der Waals surface area contributed by atoms with Gasteiger partial charge in [0.15, 0.2) is 0 Å². The maximum absolute atomic E-state index is 5.89. The first-order chi connectivity index (χ1) is 6.09. The first-order valence-electron chi connectivity index (χ1n) is 3.62. The predicted octanol–water partition coefficient (Wildman–Crippen LogP) is 4.27. The van der Waals surface area contributed by atoms with Crippen LogP contribution in [0.3, 0.4) is 0 Å². The fraction of sp³-hybridized carbons (Fsp3) is 0.111. The summed E-state index contributed by atoms with van der Waals surface area (Å²) in [4.78, 5) is 0. The van der Waals surface area contributed by atoms with Gasteiger partial charge in [-0.2, -0.15) is 0 Å². The summed E-state index contributed by atoms with van der Waals surface area (Å²) in [5, 5.41) is 4.32. The molecule has 0 atom stereocenters. The van der Waals surface area contributed by atoms with Gasteiger partial charge in [0.05, 0.1) is 11.6 Å². The third-order valence-corrected chi connectivity index (χ3v) is 2.77. The van der Waals surface area contributed by atoms with E-state index >= 15 is 0 Å². The molecule has 0 saturated carbocycles. The number of nitrogens with one attached hydrogen (secondary N) is 1. The minimum Gasteiger partial charge on any atom is -0.380 e. The van der Waals surface area contributed by atoms with Crippen LogP contribution >= 0.6 is 39.1 Å². The lowest BCUT2D eigenvalue weighted by Crippen LogP contribution is -2.00. The van der Waals surface area contributed by atoms with Gasteiger partial charge in [-0.05, 0) is 34.1 Å². The lowest BCUT2D eigenvalue weighted by Gasteiger charge is -2.05. The number of rotatable bonds is 3. The van der Waals surface area contributed by atoms with E-state index in [1.54, 1.807) is 0 Å². The zero-order valence-electron chi connectivity index (χ0n) is 6.78. The van der Waals surface area contributed by atoms with E-state index in [4.69, 9.17) is 23.2 Å². The van der Waals surface area contributed by atoms with Crippen LogP contribution in [0.2, 0.25) is 5.02 Å². The quantitative estimate of drug-likeness (QED) is 0.872. The Morgan fingerprint density at radius 3 is 2.77 bits per heavy atom. The van der Waals surface area contributed by atoms with Crippen molar-refractivity contribution in [1.29, 1.82) is 0 Å². The van der Waals surface area contributed by atoms with Crippen LogP contribution in [0.5, 0.6) is 0 Å². The molecule has 0 aliphatic rings. The average Bonchev–Trinajstić information content (AvgIpc) is 2.07. The second-order valence-corrected chi connectivity index (χ2v) is 4.30. The second kappa shape index (κ2) is 4.89. The lowest BCUT2D eigenvalue weighted by molar-refractivity contribution is 1.31. The average molecular weight is 281 g/mol. The summed E-state index contributed by atoms with van der Waals surface area (Å²) in [6, 6.07) is 5.61. The minimum absolute atomic E-state index is 0.541. The van der Waals surface area contributed by atoms with Gasteiger partial charge in [-0.25, -0.2) is 0 Å². The van der Waals surface area contributed by atoms with E-state index in [1.807, 2.05) is 18.2 Å². The zero-order chi connectivity index (χ0) is 9.84. The van der Waals surface area contributed by atoms with Crippen molar-refractivity contribution in [3.63, 3.8) is 0 Å². The van der Waals surface area contributed by atoms with Gasteiger partial charge < -0.3 is 5.32 Å². The molecule has 1 aromatic rings. The Morgan fingerprint density at radius 2 is 2.23 bits per heavy atom. The topological polar surface area (TPSA) is 12.0 Å². The van der Waals surface area contributed by atoms with Crippen LogP contribution in [0, 0.1) is 0 Å². The Morgan fingerprint density at radius 1 is 1.54 bits per heavy atom. The van der Waals surface area contributed by atoms with E-state index < -0.39 is 0 Å². The first kappa shape index (κ1) is 10.9. The highest BCUT2D eigenvalue weighted by molar-refractivity contribution is 9.10. The Labute approximate surface area is 95.9 Å². The Bertz CT molecular complexity index is 325. The molecule has 0 aliphatic carbocycles. The predicted molar refractivity (Wildman–Crippen MR) is 62.6 cm³/mol. The molecule has 0 aliphatic heterocycles. The molecule has 0 radical (unpaired) electrons. The van der Waals surface area contributed by atoms with Gasteiger partial charge in [0.25, 0.3) is 0 Å². The van der Waals surface area contributed by atoms with Crippen LogP contribution in [0.4, 0.5) is 5.69 Å². The van der Waals surface area contributed by atoms with E-state index in [0.29, 0.717) is 16.6 Å². The number of anilines is 1. The Hall–Kier alpha value is -0.180. The number of hydrogen-bond acceptors (Lipinski definition) is 1. The molecule has 0 aromatic heterocycles. The van der Waals surface area contributed by atoms with Crippen molar-refractivity contribution in [1.82, 2.24) is 0 Å². The number of halogens is 3. The van der Waals surface area contributed by atoms with E-state index in [9.17, 15) is 0 Å². The molecule has 0 fully saturated rings. The molecule has 0 amide bonds. The molecule has 0 saturated heterocycles. The van der Waals surface area contributed by atoms with Gasteiger partial charge in [-0.1, -0.05) is 29.8 Å². The number of benzene rings is 1. The van der Waals surface area contributed by atoms with Crippen LogP contribution in [0.1, 0.15) is 0 Å². The zero-order valence-corrected chi connectivity index (χ0v) is 9.88. The summed E-state index contributed by atoms with van der Waals surface area (Å²) >= 11 is 14.8. The van der Waals surface area contributed by atoms with Crippen molar-refractivity contribution in [3.05, 3.63) is 39.3 Å². The molecule has 1 N–H and O–H groups in total. The van der Waals surface area contributed by atoms with E-state index in [0.717, 1.165) is 10.2 Å². The molecule has 0 spiro atoms. The summed E-state index contributed by atoms with van der Waals surface area (Å²) in [5.74, 6) is 0. The largest absolute Gasteiger partial charge is 0.380 e. The van der Waals surface area contributed by atoms with E-state index in [2.05, 4.69) is 27.8 Å². The standard InChI is InChI=1S/C9H8BrCl2N/c1-6(11)5-13-7-2-3-8(10)9(12)4-7/h2-4,13H,1,5H2. The van der Waals surface area contributed by atoms with Gasteiger partial charge in [-0.15, -0.1) is 0 Å². The maximum atomic E-state index is 5.89. The Balaban J connectivity index is 2.68. The van der Waals surface area contributed by atoms with Crippen molar-refractivity contribution in [2.24, 2.45) is 0 Å². The summed E-state index contributed by atoms with van der Waals surface area (Å²) in [6.45, 7) is 4.11. The van der Waals surface area contributed by atoms with Gasteiger partial charge in [-0.3, -0.25) is 0 Å². The first-order valence-corrected chi connectivity index (χ1v) is 5.16. The molecule has 1 aromatic carbocycles. The molecule has 13 heavy (non-hydrogen) atoms. The number of hydrogen-bond donors (Lipinski definition) is 1. The SMILES string of the molecule is C=C(Cl)CNc1ccc(Br)c(Cl)c1. The molecular formula is C9H8BrCl2N. The van der Waals surface area contributed by atoms with Gasteiger partial charge in [0.1, 0.15) is 0 Å². The fourth-order valence-corrected chi connectivity index (χ4v) is 1.30. The highest BCUT2D eigenvalue weighted by Crippen LogP contribution is 2.25. The molecule has 1 rings (SSSR count). The van der Waals surface area contributed by atoms with Crippen LogP contribution in [-0.2, 0) is 0 Å². The van der Waals surface area contributed by atoms with Gasteiger partial charge in [0, 0.05) is 15.2 Å². The highest BCUT2D eigenvalue weighted by atomic mass is 79.9. The highest BCUT2D eigenvalue weighted by Gasteiger charge is 1.98. The molecule has 70 valence electrons. The van der Waals surface area contributed by atoms with E-state index in [-0.39, 0.29) is 0 Å². The molecular weight excluding hydrogens is 273 g/mol. The maximum Gasteiger partial charge on any atom is 0.0568 e. The van der Waals surface area contributed by atoms with Crippen LogP contribution in [-0.4, -0.2) is 6.54 Å². The summed E-state index contributed by atoms with van der Waals surface area (Å²) in [5.41, 5.74) is 0.926. The summed E-state index contributed by atoms with van der Waals surface area (Å²) < 4.78 is 0.879. The molecule has 1 nitrogen and oxygen atoms in total. The third-order valence-electron chi connectivity index (χ3n) is 1.40. The summed E-state index contributed by atoms with van der Waals surface area (Å²) in [6.07, 6.45) is 0. The lowest BCUT2D eigenvalue weighted by atomic mass is 10.3. The summed E-state index contributed by atoms with van der Waals surface area (Å²) in [7, 11) is 0. The van der Waals surface area contributed by atoms with Crippen LogP contribution < -0.4 is 5.32 Å². The third kappa shape index (κ3) is 3.59. The van der Waals surface area contributed by atoms with Gasteiger partial charge >= 0.3 is 0 Å². The van der Waals surface area contributed by atoms with Crippen molar-refractivity contribution in [3.8, 4) is 0 Å². The molecule has 4 heteroatoms. The normalized spacial score (nSPS) is 9.77. The smallest absolute Gasteiger partial charge is 0.0568 e. The fourth-order valence-electron chi connectivity index (χ4n) is 0.804. The monoisotopic (exact) mass is 279 g/mol. The molecule has 0 heterocycles. The van der Waals surface area contributed by atoms with Gasteiger partial charge in [0.2, 0.25) is 0 Å². The van der Waals surface area contributed by atoms with Crippen molar-refractivity contribution in [2.45, 2.75) is 0 Å². The molecule has 0 unspecified atom stereocenters. The molecule has 0 bridgehead atoms. The second-order valence-electron chi connectivity index (χ2n) is 2.50. The minimum atomic E-state index is 0.541. The van der Waals surface area contributed by atoms with E-state index in [1.165, 1.54) is 0 Å². The Kier molecular flexibility index (Phi) is 4.10. The van der Waals surface area contributed by atoms with Crippen molar-refractivity contribution >= 4 is 44.8 Å².